The molecule has 5 amide bonds. The number of aromatic nitrogens is 2. The van der Waals surface area contributed by atoms with E-state index < -0.39 is 40.5 Å². The zero-order valence-corrected chi connectivity index (χ0v) is 33.7. The molecular weight excluding hydrogens is 762 g/mol. The minimum atomic E-state index is -0.986. The largest absolute Gasteiger partial charge is 0.489 e. The van der Waals surface area contributed by atoms with Gasteiger partial charge in [0.05, 0.1) is 34.1 Å². The van der Waals surface area contributed by atoms with E-state index >= 15 is 0 Å². The lowest BCUT2D eigenvalue weighted by molar-refractivity contribution is -0.164. The van der Waals surface area contributed by atoms with E-state index in [0.29, 0.717) is 27.9 Å². The number of ether oxygens (including phenoxy) is 1. The van der Waals surface area contributed by atoms with Crippen molar-refractivity contribution in [2.45, 2.75) is 77.6 Å². The van der Waals surface area contributed by atoms with E-state index in [-0.39, 0.29) is 42.2 Å². The first-order valence-corrected chi connectivity index (χ1v) is 20.1. The Kier molecular flexibility index (Phi) is 10.1. The summed E-state index contributed by atoms with van der Waals surface area (Å²) in [5.74, 6) is -1.01. The predicted molar refractivity (Wildman–Crippen MR) is 214 cm³/mol. The molecule has 1 aromatic heterocycles. The van der Waals surface area contributed by atoms with Gasteiger partial charge in [-0.05, 0) is 49.6 Å². The molecule has 1 unspecified atom stereocenters. The van der Waals surface area contributed by atoms with Crippen LogP contribution in [0, 0.1) is 22.2 Å². The first kappa shape index (κ1) is 39.2. The van der Waals surface area contributed by atoms with E-state index in [1.54, 1.807) is 36.5 Å². The smallest absolute Gasteiger partial charge is 0.271 e. The number of imide groups is 2. The molecule has 2 N–H and O–H groups in total. The molecule has 1 saturated carbocycles. The van der Waals surface area contributed by atoms with Crippen LogP contribution in [0.4, 0.5) is 11.5 Å². The SMILES string of the molecule is CC1(C)[C@H](NC(=O)c2cnc(N3CCN(C4CCN(c5ccc6c(c5)C(=O)N(C5CCC(=O)NC5=O)C6=O)CC4)CC3)cn2)C(C)(C)[C@H]1Oc1ccc(C#N)c(Cl)c1. The number of benzene rings is 2. The Bertz CT molecular complexity index is 2210. The van der Waals surface area contributed by atoms with E-state index in [9.17, 15) is 29.2 Å². The van der Waals surface area contributed by atoms with Gasteiger partial charge in [0.2, 0.25) is 11.8 Å². The number of fused-ring (bicyclic) bond motifs is 1. The highest BCUT2D eigenvalue weighted by Gasteiger charge is 2.64. The molecule has 302 valence electrons. The van der Waals surface area contributed by atoms with Crippen LogP contribution < -0.4 is 25.2 Å². The molecule has 16 heteroatoms. The molecular formula is C42H46ClN9O6. The Morgan fingerprint density at radius 2 is 1.59 bits per heavy atom. The number of anilines is 2. The van der Waals surface area contributed by atoms with Gasteiger partial charge in [-0.25, -0.2) is 9.97 Å². The lowest BCUT2D eigenvalue weighted by Crippen LogP contribution is -2.74. The first-order valence-electron chi connectivity index (χ1n) is 19.8. The molecule has 4 fully saturated rings. The Hall–Kier alpha value is -5.59. The summed E-state index contributed by atoms with van der Waals surface area (Å²) in [4.78, 5) is 81.0. The number of rotatable bonds is 8. The van der Waals surface area contributed by atoms with Crippen LogP contribution in [0.5, 0.6) is 5.75 Å². The molecule has 0 spiro atoms. The van der Waals surface area contributed by atoms with Crippen molar-refractivity contribution in [3.05, 3.63) is 76.2 Å². The Morgan fingerprint density at radius 3 is 2.22 bits per heavy atom. The second-order valence-corrected chi connectivity index (χ2v) is 17.4. The van der Waals surface area contributed by atoms with Crippen LogP contribution in [0.1, 0.15) is 90.1 Å². The molecule has 58 heavy (non-hydrogen) atoms. The number of hydrogen-bond donors (Lipinski definition) is 2. The molecule has 5 heterocycles. The number of nitriles is 1. The Labute approximate surface area is 341 Å². The van der Waals surface area contributed by atoms with Crippen molar-refractivity contribution in [1.82, 2.24) is 30.4 Å². The highest BCUT2D eigenvalue weighted by molar-refractivity contribution is 6.31. The quantitative estimate of drug-likeness (QED) is 0.315. The molecule has 3 aromatic rings. The number of nitrogens with one attached hydrogen (secondary N) is 2. The van der Waals surface area contributed by atoms with Gasteiger partial charge in [-0.2, -0.15) is 5.26 Å². The van der Waals surface area contributed by atoms with E-state index in [2.05, 4.69) is 69.1 Å². The fourth-order valence-corrected chi connectivity index (χ4v) is 10.1. The highest BCUT2D eigenvalue weighted by atomic mass is 35.5. The third-order valence-electron chi connectivity index (χ3n) is 12.7. The van der Waals surface area contributed by atoms with Gasteiger partial charge in [0.25, 0.3) is 17.7 Å². The third-order valence-corrected chi connectivity index (χ3v) is 13.0. The summed E-state index contributed by atoms with van der Waals surface area (Å²) in [6, 6.07) is 11.6. The summed E-state index contributed by atoms with van der Waals surface area (Å²) in [5.41, 5.74) is 1.26. The van der Waals surface area contributed by atoms with Crippen molar-refractivity contribution in [3.63, 3.8) is 0 Å². The van der Waals surface area contributed by atoms with Crippen molar-refractivity contribution in [3.8, 4) is 11.8 Å². The number of halogens is 1. The maximum absolute atomic E-state index is 13.4. The molecule has 2 aromatic carbocycles. The third kappa shape index (κ3) is 6.91. The maximum atomic E-state index is 13.4. The second-order valence-electron chi connectivity index (χ2n) is 17.0. The van der Waals surface area contributed by atoms with Crippen molar-refractivity contribution in [2.24, 2.45) is 10.8 Å². The average molecular weight is 808 g/mol. The number of amides is 5. The lowest BCUT2D eigenvalue weighted by Gasteiger charge is -2.63. The number of carbonyl (C=O) groups is 5. The van der Waals surface area contributed by atoms with Crippen molar-refractivity contribution in [2.75, 3.05) is 49.1 Å². The molecule has 0 bridgehead atoms. The van der Waals surface area contributed by atoms with Crippen LogP contribution in [0.3, 0.4) is 0 Å². The summed E-state index contributed by atoms with van der Waals surface area (Å²) < 4.78 is 6.35. The molecule has 5 aliphatic rings. The predicted octanol–water partition coefficient (Wildman–Crippen LogP) is 3.81. The van der Waals surface area contributed by atoms with Crippen LogP contribution in [0.15, 0.2) is 48.8 Å². The molecule has 1 aliphatic carbocycles. The van der Waals surface area contributed by atoms with Gasteiger partial charge >= 0.3 is 0 Å². The number of piperidine rings is 2. The Balaban J connectivity index is 0.811. The summed E-state index contributed by atoms with van der Waals surface area (Å²) in [7, 11) is 0. The normalized spacial score (nSPS) is 24.5. The van der Waals surface area contributed by atoms with Gasteiger partial charge in [0, 0.05) is 80.4 Å². The van der Waals surface area contributed by atoms with Gasteiger partial charge in [0.1, 0.15) is 35.5 Å². The standard InChI is InChI=1S/C42H46ClN9O6/c1-41(2)39(42(3,4)40(41)58-27-7-5-24(21-44)30(43)20-27)48-35(54)31-22-46-33(23-45-31)51-17-15-50(16-18-51)25-11-13-49(14-12-25)26-6-8-28-29(19-26)38(57)52(37(28)56)32-9-10-34(53)47-36(32)55/h5-8,19-20,22-23,25,32,39-40H,9-18H2,1-4H3,(H,48,54)(H,47,53,55)/t32?,39-,40-. The maximum Gasteiger partial charge on any atom is 0.271 e. The molecule has 8 rings (SSSR count). The van der Waals surface area contributed by atoms with Crippen molar-refractivity contribution >= 4 is 52.6 Å². The van der Waals surface area contributed by atoms with Crippen LogP contribution in [0.25, 0.3) is 0 Å². The van der Waals surface area contributed by atoms with Crippen molar-refractivity contribution in [1.29, 1.82) is 5.26 Å². The number of nitrogens with zero attached hydrogens (tertiary/aromatic N) is 7. The number of carbonyl (C=O) groups excluding carboxylic acids is 5. The number of hydrogen-bond acceptors (Lipinski definition) is 12. The first-order chi connectivity index (χ1) is 27.7. The minimum absolute atomic E-state index is 0.0820. The van der Waals surface area contributed by atoms with Gasteiger partial charge < -0.3 is 19.9 Å². The van der Waals surface area contributed by atoms with Crippen molar-refractivity contribution < 1.29 is 28.7 Å². The molecule has 4 aliphatic heterocycles. The fraction of sp³-hybridized carbons (Fsp3) is 0.476. The monoisotopic (exact) mass is 807 g/mol. The van der Waals surface area contributed by atoms with Gasteiger partial charge in [-0.15, -0.1) is 0 Å². The van der Waals surface area contributed by atoms with E-state index in [4.69, 9.17) is 16.3 Å². The van der Waals surface area contributed by atoms with Crippen LogP contribution in [-0.2, 0) is 9.59 Å². The molecule has 1 atom stereocenters. The Morgan fingerprint density at radius 1 is 0.879 bits per heavy atom. The average Bonchev–Trinajstić information content (AvgIpc) is 3.46. The molecule has 3 saturated heterocycles. The zero-order chi connectivity index (χ0) is 41.1. The zero-order valence-electron chi connectivity index (χ0n) is 33.0. The molecule has 15 nitrogen and oxygen atoms in total. The van der Waals surface area contributed by atoms with Crippen LogP contribution in [-0.4, -0.2) is 113 Å². The summed E-state index contributed by atoms with van der Waals surface area (Å²) in [6.07, 6.45) is 5.08. The topological polar surface area (TPSA) is 181 Å². The minimum Gasteiger partial charge on any atom is -0.489 e. The van der Waals surface area contributed by atoms with Crippen LogP contribution >= 0.6 is 11.6 Å². The van der Waals surface area contributed by atoms with E-state index in [1.807, 2.05) is 6.07 Å². The molecule has 0 radical (unpaired) electrons. The van der Waals surface area contributed by atoms with Crippen LogP contribution in [0.2, 0.25) is 5.02 Å². The highest BCUT2D eigenvalue weighted by Crippen LogP contribution is 2.55. The van der Waals surface area contributed by atoms with Gasteiger partial charge in [-0.1, -0.05) is 39.3 Å². The van der Waals surface area contributed by atoms with Gasteiger partial charge in [0.15, 0.2) is 0 Å². The summed E-state index contributed by atoms with van der Waals surface area (Å²) in [5, 5.41) is 15.0. The van der Waals surface area contributed by atoms with Gasteiger partial charge in [-0.3, -0.25) is 39.1 Å². The lowest BCUT2D eigenvalue weighted by atomic mass is 9.49. The summed E-state index contributed by atoms with van der Waals surface area (Å²) in [6.45, 7) is 13.1. The van der Waals surface area contributed by atoms with E-state index in [0.717, 1.165) is 68.5 Å². The second kappa shape index (κ2) is 15.0. The van der Waals surface area contributed by atoms with E-state index in [1.165, 1.54) is 6.20 Å². The summed E-state index contributed by atoms with van der Waals surface area (Å²) >= 11 is 6.24. The number of piperazine rings is 1. The fourth-order valence-electron chi connectivity index (χ4n) is 9.86.